The summed E-state index contributed by atoms with van der Waals surface area (Å²) >= 11 is 0. The van der Waals surface area contributed by atoms with Crippen molar-refractivity contribution in [2.45, 2.75) is 31.1 Å². The molecule has 0 aromatic heterocycles. The lowest BCUT2D eigenvalue weighted by Gasteiger charge is -2.18. The van der Waals surface area contributed by atoms with Gasteiger partial charge in [-0.05, 0) is 68.1 Å². The molecule has 6 nitrogen and oxygen atoms in total. The van der Waals surface area contributed by atoms with E-state index in [2.05, 4.69) is 4.72 Å². The Morgan fingerprint density at radius 1 is 1.19 bits per heavy atom. The number of benzene rings is 2. The number of rotatable bonds is 6. The quantitative estimate of drug-likeness (QED) is 0.827. The lowest BCUT2D eigenvalue weighted by atomic mass is 10.1. The Bertz CT molecular complexity index is 966. The zero-order valence-electron chi connectivity index (χ0n) is 15.1. The molecule has 2 aliphatic rings. The van der Waals surface area contributed by atoms with Crippen LogP contribution in [0.3, 0.4) is 0 Å². The summed E-state index contributed by atoms with van der Waals surface area (Å²) in [5.41, 5.74) is 2.35. The van der Waals surface area contributed by atoms with Gasteiger partial charge in [0.1, 0.15) is 5.75 Å². The van der Waals surface area contributed by atoms with E-state index in [-0.39, 0.29) is 16.7 Å². The molecule has 2 aromatic rings. The topological polar surface area (TPSA) is 75.7 Å². The van der Waals surface area contributed by atoms with Crippen LogP contribution in [0.5, 0.6) is 5.75 Å². The summed E-state index contributed by atoms with van der Waals surface area (Å²) in [5, 5.41) is 0. The number of fused-ring (bicyclic) bond motifs is 1. The van der Waals surface area contributed by atoms with Crippen molar-refractivity contribution in [1.29, 1.82) is 0 Å². The normalized spacial score (nSPS) is 16.1. The van der Waals surface area contributed by atoms with Crippen molar-refractivity contribution in [3.8, 4) is 5.75 Å². The predicted octanol–water partition coefficient (Wildman–Crippen LogP) is 3.19. The van der Waals surface area contributed by atoms with Crippen LogP contribution in [0.1, 0.15) is 25.3 Å². The van der Waals surface area contributed by atoms with E-state index < -0.39 is 10.0 Å². The minimum Gasteiger partial charge on any atom is -0.494 e. The first-order chi connectivity index (χ1) is 13.0. The van der Waals surface area contributed by atoms with Crippen LogP contribution in [0.4, 0.5) is 11.4 Å². The molecule has 142 valence electrons. The zero-order valence-corrected chi connectivity index (χ0v) is 16.0. The van der Waals surface area contributed by atoms with Gasteiger partial charge >= 0.3 is 0 Å². The molecule has 1 aliphatic carbocycles. The summed E-state index contributed by atoms with van der Waals surface area (Å²) in [4.78, 5) is 14.4. The number of sulfonamides is 1. The number of carbonyl (C=O) groups excluding carboxylic acids is 1. The van der Waals surface area contributed by atoms with Crippen LogP contribution in [0, 0.1) is 5.92 Å². The Kier molecular flexibility index (Phi) is 4.55. The van der Waals surface area contributed by atoms with Crippen molar-refractivity contribution in [2.24, 2.45) is 5.92 Å². The molecular weight excluding hydrogens is 364 g/mol. The highest BCUT2D eigenvalue weighted by molar-refractivity contribution is 7.92. The highest BCUT2D eigenvalue weighted by Crippen LogP contribution is 2.37. The lowest BCUT2D eigenvalue weighted by molar-refractivity contribution is -0.119. The Morgan fingerprint density at radius 3 is 2.59 bits per heavy atom. The first kappa shape index (κ1) is 17.9. The predicted molar refractivity (Wildman–Crippen MR) is 104 cm³/mol. The van der Waals surface area contributed by atoms with Crippen LogP contribution in [0.15, 0.2) is 47.4 Å². The average Bonchev–Trinajstić information content (AvgIpc) is 3.42. The van der Waals surface area contributed by atoms with Crippen LogP contribution in [0.25, 0.3) is 0 Å². The number of hydrogen-bond acceptors (Lipinski definition) is 4. The van der Waals surface area contributed by atoms with E-state index in [0.717, 1.165) is 30.5 Å². The highest BCUT2D eigenvalue weighted by atomic mass is 32.2. The SMILES string of the molecule is CCOc1ccc(S(=O)(=O)Nc2ccc3c(c2)N(C(=O)C2CC2)CC3)cc1. The molecule has 1 aliphatic heterocycles. The van der Waals surface area contributed by atoms with E-state index >= 15 is 0 Å². The third-order valence-electron chi connectivity index (χ3n) is 4.87. The molecule has 0 radical (unpaired) electrons. The summed E-state index contributed by atoms with van der Waals surface area (Å²) in [7, 11) is -3.71. The van der Waals surface area contributed by atoms with Crippen molar-refractivity contribution >= 4 is 27.3 Å². The van der Waals surface area contributed by atoms with E-state index in [4.69, 9.17) is 4.74 Å². The summed E-state index contributed by atoms with van der Waals surface area (Å²) < 4.78 is 33.3. The monoisotopic (exact) mass is 386 g/mol. The standard InChI is InChI=1S/C20H22N2O4S/c1-2-26-17-7-9-18(10-8-17)27(24,25)21-16-6-5-14-11-12-22(19(14)13-16)20(23)15-3-4-15/h5-10,13,15,21H,2-4,11-12H2,1H3. The molecule has 4 rings (SSSR count). The third-order valence-corrected chi connectivity index (χ3v) is 6.27. The number of nitrogens with one attached hydrogen (secondary N) is 1. The largest absolute Gasteiger partial charge is 0.494 e. The van der Waals surface area contributed by atoms with Crippen LogP contribution in [-0.2, 0) is 21.2 Å². The van der Waals surface area contributed by atoms with Gasteiger partial charge in [0.05, 0.1) is 17.2 Å². The molecule has 0 spiro atoms. The minimum absolute atomic E-state index is 0.139. The number of nitrogens with zero attached hydrogens (tertiary/aromatic N) is 1. The minimum atomic E-state index is -3.71. The highest BCUT2D eigenvalue weighted by Gasteiger charge is 2.36. The van der Waals surface area contributed by atoms with Gasteiger partial charge in [-0.1, -0.05) is 6.07 Å². The van der Waals surface area contributed by atoms with Gasteiger partial charge in [-0.15, -0.1) is 0 Å². The Hall–Kier alpha value is -2.54. The maximum absolute atomic E-state index is 12.7. The van der Waals surface area contributed by atoms with Crippen molar-refractivity contribution in [2.75, 3.05) is 22.8 Å². The summed E-state index contributed by atoms with van der Waals surface area (Å²) in [6.45, 7) is 3.06. The van der Waals surface area contributed by atoms with Gasteiger partial charge in [0, 0.05) is 18.2 Å². The number of amides is 1. The lowest BCUT2D eigenvalue weighted by Crippen LogP contribution is -2.30. The van der Waals surface area contributed by atoms with Crippen molar-refractivity contribution in [3.05, 3.63) is 48.0 Å². The maximum Gasteiger partial charge on any atom is 0.261 e. The molecule has 0 bridgehead atoms. The molecule has 1 fully saturated rings. The Morgan fingerprint density at radius 2 is 1.93 bits per heavy atom. The molecular formula is C20H22N2O4S. The van der Waals surface area contributed by atoms with Gasteiger partial charge < -0.3 is 9.64 Å². The van der Waals surface area contributed by atoms with Gasteiger partial charge in [0.15, 0.2) is 0 Å². The van der Waals surface area contributed by atoms with Crippen LogP contribution >= 0.6 is 0 Å². The molecule has 0 unspecified atom stereocenters. The van der Waals surface area contributed by atoms with Crippen LogP contribution in [-0.4, -0.2) is 27.5 Å². The van der Waals surface area contributed by atoms with Gasteiger partial charge in [-0.25, -0.2) is 8.42 Å². The van der Waals surface area contributed by atoms with E-state index in [0.29, 0.717) is 24.6 Å². The third kappa shape index (κ3) is 3.64. The maximum atomic E-state index is 12.7. The number of hydrogen-bond donors (Lipinski definition) is 1. The molecule has 27 heavy (non-hydrogen) atoms. The second kappa shape index (κ2) is 6.88. The van der Waals surface area contributed by atoms with Crippen LogP contribution in [0.2, 0.25) is 0 Å². The van der Waals surface area contributed by atoms with Crippen molar-refractivity contribution in [1.82, 2.24) is 0 Å². The molecule has 1 amide bonds. The molecule has 1 saturated carbocycles. The molecule has 1 N–H and O–H groups in total. The Labute approximate surface area is 159 Å². The summed E-state index contributed by atoms with van der Waals surface area (Å²) in [5.74, 6) is 0.920. The fourth-order valence-electron chi connectivity index (χ4n) is 3.32. The molecule has 0 saturated heterocycles. The Balaban J connectivity index is 1.55. The molecule has 7 heteroatoms. The number of ether oxygens (including phenoxy) is 1. The van der Waals surface area contributed by atoms with E-state index in [9.17, 15) is 13.2 Å². The van der Waals surface area contributed by atoms with E-state index in [1.54, 1.807) is 29.2 Å². The smallest absolute Gasteiger partial charge is 0.261 e. The number of carbonyl (C=O) groups is 1. The first-order valence-electron chi connectivity index (χ1n) is 9.18. The first-order valence-corrected chi connectivity index (χ1v) is 10.7. The van der Waals surface area contributed by atoms with Crippen LogP contribution < -0.4 is 14.4 Å². The van der Waals surface area contributed by atoms with Gasteiger partial charge in [0.2, 0.25) is 5.91 Å². The zero-order chi connectivity index (χ0) is 19.0. The number of anilines is 2. The summed E-state index contributed by atoms with van der Waals surface area (Å²) in [6.07, 6.45) is 2.71. The van der Waals surface area contributed by atoms with E-state index in [1.165, 1.54) is 12.1 Å². The van der Waals surface area contributed by atoms with Crippen molar-refractivity contribution in [3.63, 3.8) is 0 Å². The van der Waals surface area contributed by atoms with Gasteiger partial charge in [-0.3, -0.25) is 9.52 Å². The second-order valence-corrected chi connectivity index (χ2v) is 8.55. The van der Waals surface area contributed by atoms with Crippen molar-refractivity contribution < 1.29 is 17.9 Å². The fourth-order valence-corrected chi connectivity index (χ4v) is 4.37. The van der Waals surface area contributed by atoms with E-state index in [1.807, 2.05) is 13.0 Å². The van der Waals surface area contributed by atoms with Gasteiger partial charge in [0.25, 0.3) is 10.0 Å². The fraction of sp³-hybridized carbons (Fsp3) is 0.350. The second-order valence-electron chi connectivity index (χ2n) is 6.87. The molecule has 1 heterocycles. The molecule has 0 atom stereocenters. The average molecular weight is 386 g/mol. The van der Waals surface area contributed by atoms with Gasteiger partial charge in [-0.2, -0.15) is 0 Å². The summed E-state index contributed by atoms with van der Waals surface area (Å²) in [6, 6.07) is 11.7. The molecule has 2 aromatic carbocycles.